The minimum atomic E-state index is -4.44. The lowest BCUT2D eigenvalue weighted by Gasteiger charge is -2.16. The molecular weight excluding hydrogens is 363 g/mol. The molecular formula is C19H18F3NO2S. The number of thioether (sulfide) groups is 1. The Bertz CT molecular complexity index is 808. The Morgan fingerprint density at radius 1 is 1.19 bits per heavy atom. The fraction of sp³-hybridized carbons (Fsp3) is 0.316. The summed E-state index contributed by atoms with van der Waals surface area (Å²) in [7, 11) is 0. The third kappa shape index (κ3) is 3.98. The van der Waals surface area contributed by atoms with Gasteiger partial charge in [-0.25, -0.2) is 0 Å². The summed E-state index contributed by atoms with van der Waals surface area (Å²) >= 11 is 1.42. The van der Waals surface area contributed by atoms with Crippen molar-refractivity contribution in [3.63, 3.8) is 0 Å². The highest BCUT2D eigenvalue weighted by atomic mass is 32.2. The van der Waals surface area contributed by atoms with E-state index in [0.717, 1.165) is 11.6 Å². The molecule has 0 saturated carbocycles. The van der Waals surface area contributed by atoms with Crippen molar-refractivity contribution in [3.8, 4) is 16.9 Å². The van der Waals surface area contributed by atoms with E-state index in [1.54, 1.807) is 18.2 Å². The van der Waals surface area contributed by atoms with Crippen molar-refractivity contribution in [1.82, 2.24) is 5.32 Å². The molecule has 1 aliphatic heterocycles. The lowest BCUT2D eigenvalue weighted by Crippen LogP contribution is -2.35. The van der Waals surface area contributed by atoms with Crippen LogP contribution in [0.15, 0.2) is 42.5 Å². The van der Waals surface area contributed by atoms with Gasteiger partial charge in [0.25, 0.3) is 0 Å². The van der Waals surface area contributed by atoms with Crippen molar-refractivity contribution >= 4 is 17.7 Å². The lowest BCUT2D eigenvalue weighted by molar-refractivity contribution is -0.137. The quantitative estimate of drug-likeness (QED) is 0.845. The van der Waals surface area contributed by atoms with Crippen molar-refractivity contribution in [2.75, 3.05) is 18.6 Å². The zero-order chi connectivity index (χ0) is 18.7. The Morgan fingerprint density at radius 2 is 1.92 bits per heavy atom. The van der Waals surface area contributed by atoms with Crippen molar-refractivity contribution in [2.24, 2.45) is 0 Å². The van der Waals surface area contributed by atoms with Crippen molar-refractivity contribution in [1.29, 1.82) is 0 Å². The summed E-state index contributed by atoms with van der Waals surface area (Å²) in [5.41, 5.74) is 0.689. The van der Waals surface area contributed by atoms with Gasteiger partial charge in [0.1, 0.15) is 11.9 Å². The van der Waals surface area contributed by atoms with Crippen LogP contribution in [-0.2, 0) is 17.4 Å². The van der Waals surface area contributed by atoms with E-state index in [2.05, 4.69) is 5.32 Å². The molecule has 7 heteroatoms. The van der Waals surface area contributed by atoms with Crippen LogP contribution in [0.2, 0.25) is 0 Å². The van der Waals surface area contributed by atoms with Crippen LogP contribution in [0.25, 0.3) is 11.1 Å². The van der Waals surface area contributed by atoms with Gasteiger partial charge in [-0.3, -0.25) is 4.79 Å². The first kappa shape index (κ1) is 18.6. The van der Waals surface area contributed by atoms with E-state index in [1.807, 2.05) is 12.3 Å². The van der Waals surface area contributed by atoms with Crippen molar-refractivity contribution in [3.05, 3.63) is 53.6 Å². The zero-order valence-corrected chi connectivity index (χ0v) is 14.9. The molecule has 0 fully saturated rings. The predicted octanol–water partition coefficient (Wildman–Crippen LogP) is 4.16. The van der Waals surface area contributed by atoms with E-state index in [-0.39, 0.29) is 17.6 Å². The first-order valence-electron chi connectivity index (χ1n) is 8.11. The molecule has 2 aromatic carbocycles. The fourth-order valence-electron chi connectivity index (χ4n) is 3.04. The van der Waals surface area contributed by atoms with E-state index in [1.165, 1.54) is 23.9 Å². The number of halogens is 3. The van der Waals surface area contributed by atoms with Crippen LogP contribution in [-0.4, -0.2) is 30.6 Å². The third-order valence-electron chi connectivity index (χ3n) is 4.15. The van der Waals surface area contributed by atoms with Gasteiger partial charge in [0.15, 0.2) is 0 Å². The van der Waals surface area contributed by atoms with Crippen molar-refractivity contribution < 1.29 is 22.7 Å². The highest BCUT2D eigenvalue weighted by Crippen LogP contribution is 2.43. The highest BCUT2D eigenvalue weighted by molar-refractivity contribution is 7.99. The number of benzene rings is 2. The number of alkyl halides is 3. The molecule has 1 unspecified atom stereocenters. The maximum Gasteiger partial charge on any atom is 0.417 e. The van der Waals surface area contributed by atoms with Crippen LogP contribution in [0.3, 0.4) is 0 Å². The molecule has 2 aromatic rings. The number of fused-ring (bicyclic) bond motifs is 1. The molecule has 0 radical (unpaired) electrons. The molecule has 0 bridgehead atoms. The first-order valence-corrected chi connectivity index (χ1v) is 9.50. The van der Waals surface area contributed by atoms with Gasteiger partial charge in [0.05, 0.1) is 17.9 Å². The Labute approximate surface area is 153 Å². The SMILES string of the molecule is CSCC(=O)NCC1Cc2cccc(-c3ccccc3C(F)(F)F)c2O1. The summed E-state index contributed by atoms with van der Waals surface area (Å²) in [4.78, 5) is 11.6. The van der Waals surface area contributed by atoms with Gasteiger partial charge in [-0.05, 0) is 23.4 Å². The molecule has 0 aromatic heterocycles. The lowest BCUT2D eigenvalue weighted by atomic mass is 9.96. The molecule has 1 aliphatic rings. The smallest absolute Gasteiger partial charge is 0.417 e. The summed E-state index contributed by atoms with van der Waals surface area (Å²) in [6.45, 7) is 0.328. The number of rotatable bonds is 5. The largest absolute Gasteiger partial charge is 0.487 e. The van der Waals surface area contributed by atoms with Crippen LogP contribution in [0.1, 0.15) is 11.1 Å². The van der Waals surface area contributed by atoms with Crippen LogP contribution in [0, 0.1) is 0 Å². The van der Waals surface area contributed by atoms with Gasteiger partial charge < -0.3 is 10.1 Å². The number of nitrogens with one attached hydrogen (secondary N) is 1. The van der Waals surface area contributed by atoms with Gasteiger partial charge in [0, 0.05) is 12.0 Å². The van der Waals surface area contributed by atoms with Crippen LogP contribution in [0.4, 0.5) is 13.2 Å². The number of amides is 1. The molecule has 0 aliphatic carbocycles. The zero-order valence-electron chi connectivity index (χ0n) is 14.1. The number of carbonyl (C=O) groups excluding carboxylic acids is 1. The molecule has 26 heavy (non-hydrogen) atoms. The highest BCUT2D eigenvalue weighted by Gasteiger charge is 2.35. The summed E-state index contributed by atoms with van der Waals surface area (Å²) < 4.78 is 46.0. The molecule has 138 valence electrons. The standard InChI is InChI=1S/C19H18F3NO2S/c1-26-11-17(24)23-10-13-9-12-5-4-7-15(18(12)25-13)14-6-2-3-8-16(14)19(20,21)22/h2-8,13H,9-11H2,1H3,(H,23,24). The Kier molecular flexibility index (Phi) is 5.46. The molecule has 1 amide bonds. The average molecular weight is 381 g/mol. The fourth-order valence-corrected chi connectivity index (χ4v) is 3.40. The summed E-state index contributed by atoms with van der Waals surface area (Å²) in [5, 5.41) is 2.79. The minimum Gasteiger partial charge on any atom is -0.487 e. The monoisotopic (exact) mass is 381 g/mol. The number of para-hydroxylation sites is 1. The van der Waals surface area contributed by atoms with Crippen LogP contribution in [0.5, 0.6) is 5.75 Å². The normalized spacial score (nSPS) is 16.1. The predicted molar refractivity (Wildman–Crippen MR) is 96.4 cm³/mol. The maximum absolute atomic E-state index is 13.4. The molecule has 3 rings (SSSR count). The van der Waals surface area contributed by atoms with Gasteiger partial charge in [-0.2, -0.15) is 24.9 Å². The molecule has 3 nitrogen and oxygen atoms in total. The summed E-state index contributed by atoms with van der Waals surface area (Å²) in [5.74, 6) is 0.747. The topological polar surface area (TPSA) is 38.3 Å². The molecule has 1 atom stereocenters. The second-order valence-corrected chi connectivity index (χ2v) is 6.88. The van der Waals surface area contributed by atoms with Crippen LogP contribution >= 0.6 is 11.8 Å². The van der Waals surface area contributed by atoms with E-state index in [4.69, 9.17) is 4.74 Å². The average Bonchev–Trinajstić information content (AvgIpc) is 3.02. The van der Waals surface area contributed by atoms with Gasteiger partial charge in [0.2, 0.25) is 5.91 Å². The molecule has 0 spiro atoms. The first-order chi connectivity index (χ1) is 12.4. The van der Waals surface area contributed by atoms with E-state index in [0.29, 0.717) is 30.0 Å². The molecule has 1 heterocycles. The van der Waals surface area contributed by atoms with Crippen molar-refractivity contribution in [2.45, 2.75) is 18.7 Å². The minimum absolute atomic E-state index is 0.0836. The Balaban J connectivity index is 1.85. The maximum atomic E-state index is 13.4. The Hall–Kier alpha value is -2.15. The number of carbonyl (C=O) groups is 1. The van der Waals surface area contributed by atoms with Gasteiger partial charge in [-0.1, -0.05) is 36.4 Å². The summed E-state index contributed by atoms with van der Waals surface area (Å²) in [6, 6.07) is 10.7. The number of hydrogen-bond donors (Lipinski definition) is 1. The van der Waals surface area contributed by atoms with Gasteiger partial charge >= 0.3 is 6.18 Å². The second kappa shape index (κ2) is 7.61. The molecule has 0 saturated heterocycles. The Morgan fingerprint density at radius 3 is 2.65 bits per heavy atom. The van der Waals surface area contributed by atoms with E-state index < -0.39 is 11.7 Å². The van der Waals surface area contributed by atoms with E-state index >= 15 is 0 Å². The third-order valence-corrected chi connectivity index (χ3v) is 4.70. The second-order valence-electron chi connectivity index (χ2n) is 6.02. The van der Waals surface area contributed by atoms with E-state index in [9.17, 15) is 18.0 Å². The molecule has 1 N–H and O–H groups in total. The van der Waals surface area contributed by atoms with Crippen LogP contribution < -0.4 is 10.1 Å². The van der Waals surface area contributed by atoms with Gasteiger partial charge in [-0.15, -0.1) is 0 Å². The number of hydrogen-bond acceptors (Lipinski definition) is 3. The number of ether oxygens (including phenoxy) is 1. The summed E-state index contributed by atoms with van der Waals surface area (Å²) in [6.07, 6.45) is -2.33.